The minimum Gasteiger partial charge on any atom is -0.261 e. The number of benzene rings is 1. The van der Waals surface area contributed by atoms with Gasteiger partial charge in [0, 0.05) is 34.7 Å². The number of hydrogen-bond donors (Lipinski definition) is 0. The van der Waals surface area contributed by atoms with E-state index in [1.807, 2.05) is 12.1 Å². The van der Waals surface area contributed by atoms with Gasteiger partial charge in [0.1, 0.15) is 0 Å². The Bertz CT molecular complexity index is 550. The van der Waals surface area contributed by atoms with E-state index in [9.17, 15) is 0 Å². The predicted octanol–water partition coefficient (Wildman–Crippen LogP) is 4.61. The second-order valence-electron chi connectivity index (χ2n) is 5.32. The molecular weight excluding hydrogens is 276 g/mol. The van der Waals surface area contributed by atoms with Gasteiger partial charge in [-0.2, -0.15) is 0 Å². The molecule has 19 heavy (non-hydrogen) atoms. The molecule has 0 unspecified atom stereocenters. The average molecular weight is 293 g/mol. The van der Waals surface area contributed by atoms with E-state index in [-0.39, 0.29) is 4.75 Å². The van der Waals surface area contributed by atoms with Crippen LogP contribution in [0, 0.1) is 0 Å². The normalized spacial score (nSPS) is 11.6. The lowest BCUT2D eigenvalue weighted by Gasteiger charge is -2.19. The topological polar surface area (TPSA) is 25.8 Å². The number of nitrogens with zero attached hydrogens (tertiary/aromatic N) is 2. The standard InChI is InChI=1S/C15H17ClN2S/c1-15(2,3)19-13-6-4-5-11(14(13)16)9-12-10-17-7-8-18-12/h4-8,10H,9H2,1-3H3. The lowest BCUT2D eigenvalue weighted by atomic mass is 10.1. The van der Waals surface area contributed by atoms with Crippen molar-refractivity contribution in [2.75, 3.05) is 0 Å². The first-order valence-corrected chi connectivity index (χ1v) is 7.36. The third-order valence-corrected chi connectivity index (χ3v) is 4.18. The molecule has 0 amide bonds. The molecule has 1 aromatic carbocycles. The third kappa shape index (κ3) is 4.22. The van der Waals surface area contributed by atoms with Crippen LogP contribution in [0.4, 0.5) is 0 Å². The van der Waals surface area contributed by atoms with Crippen molar-refractivity contribution in [3.8, 4) is 0 Å². The van der Waals surface area contributed by atoms with Crippen LogP contribution in [0.3, 0.4) is 0 Å². The summed E-state index contributed by atoms with van der Waals surface area (Å²) in [6, 6.07) is 6.16. The maximum atomic E-state index is 6.50. The van der Waals surface area contributed by atoms with E-state index in [0.717, 1.165) is 21.2 Å². The Morgan fingerprint density at radius 2 is 2.00 bits per heavy atom. The number of halogens is 1. The van der Waals surface area contributed by atoms with E-state index in [0.29, 0.717) is 6.42 Å². The van der Waals surface area contributed by atoms with Gasteiger partial charge in [0.2, 0.25) is 0 Å². The molecule has 4 heteroatoms. The van der Waals surface area contributed by atoms with Gasteiger partial charge in [0.25, 0.3) is 0 Å². The monoisotopic (exact) mass is 292 g/mol. The molecule has 0 radical (unpaired) electrons. The Morgan fingerprint density at radius 3 is 2.63 bits per heavy atom. The van der Waals surface area contributed by atoms with E-state index in [2.05, 4.69) is 36.8 Å². The highest BCUT2D eigenvalue weighted by Gasteiger charge is 2.16. The smallest absolute Gasteiger partial charge is 0.0630 e. The maximum absolute atomic E-state index is 6.50. The molecule has 0 aliphatic rings. The average Bonchev–Trinajstić information content (AvgIpc) is 2.34. The fraction of sp³-hybridized carbons (Fsp3) is 0.333. The van der Waals surface area contributed by atoms with E-state index < -0.39 is 0 Å². The van der Waals surface area contributed by atoms with Crippen molar-refractivity contribution in [2.45, 2.75) is 36.8 Å². The molecular formula is C15H17ClN2S. The second kappa shape index (κ2) is 5.93. The molecule has 1 aromatic heterocycles. The molecule has 0 saturated heterocycles. The highest BCUT2D eigenvalue weighted by atomic mass is 35.5. The highest BCUT2D eigenvalue weighted by molar-refractivity contribution is 8.00. The summed E-state index contributed by atoms with van der Waals surface area (Å²) in [4.78, 5) is 9.49. The zero-order valence-electron chi connectivity index (χ0n) is 11.4. The van der Waals surface area contributed by atoms with Gasteiger partial charge in [-0.1, -0.05) is 44.5 Å². The van der Waals surface area contributed by atoms with Crippen molar-refractivity contribution in [3.05, 3.63) is 53.1 Å². The van der Waals surface area contributed by atoms with Gasteiger partial charge in [-0.25, -0.2) is 0 Å². The van der Waals surface area contributed by atoms with Gasteiger partial charge in [0.15, 0.2) is 0 Å². The van der Waals surface area contributed by atoms with Crippen molar-refractivity contribution < 1.29 is 0 Å². The number of thioether (sulfide) groups is 1. The molecule has 0 bridgehead atoms. The fourth-order valence-electron chi connectivity index (χ4n) is 1.72. The molecule has 0 aliphatic heterocycles. The van der Waals surface area contributed by atoms with Crippen LogP contribution < -0.4 is 0 Å². The van der Waals surface area contributed by atoms with Crippen LogP contribution in [0.15, 0.2) is 41.7 Å². The highest BCUT2D eigenvalue weighted by Crippen LogP contribution is 2.38. The van der Waals surface area contributed by atoms with Gasteiger partial charge in [-0.3, -0.25) is 9.97 Å². The van der Waals surface area contributed by atoms with Crippen LogP contribution in [0.1, 0.15) is 32.0 Å². The Morgan fingerprint density at radius 1 is 1.21 bits per heavy atom. The number of rotatable bonds is 3. The van der Waals surface area contributed by atoms with Crippen molar-refractivity contribution in [3.63, 3.8) is 0 Å². The molecule has 2 rings (SSSR count). The minimum absolute atomic E-state index is 0.148. The molecule has 0 N–H and O–H groups in total. The summed E-state index contributed by atoms with van der Waals surface area (Å²) in [6.45, 7) is 6.55. The SMILES string of the molecule is CC(C)(C)Sc1cccc(Cc2cnccn2)c1Cl. The van der Waals surface area contributed by atoms with Crippen LogP contribution in [-0.2, 0) is 6.42 Å². The zero-order chi connectivity index (χ0) is 13.9. The molecule has 0 atom stereocenters. The van der Waals surface area contributed by atoms with Crippen LogP contribution in [0.5, 0.6) is 0 Å². The first-order valence-electron chi connectivity index (χ1n) is 6.17. The molecule has 100 valence electrons. The molecule has 0 saturated carbocycles. The number of hydrogen-bond acceptors (Lipinski definition) is 3. The summed E-state index contributed by atoms with van der Waals surface area (Å²) in [6.07, 6.45) is 5.87. The quantitative estimate of drug-likeness (QED) is 0.773. The molecule has 2 nitrogen and oxygen atoms in total. The molecule has 0 spiro atoms. The fourth-order valence-corrected chi connectivity index (χ4v) is 3.05. The third-order valence-electron chi connectivity index (χ3n) is 2.45. The van der Waals surface area contributed by atoms with Gasteiger partial charge < -0.3 is 0 Å². The molecule has 1 heterocycles. The summed E-state index contributed by atoms with van der Waals surface area (Å²) >= 11 is 8.28. The van der Waals surface area contributed by atoms with Gasteiger partial charge in [-0.05, 0) is 11.6 Å². The van der Waals surface area contributed by atoms with E-state index >= 15 is 0 Å². The summed E-state index contributed by atoms with van der Waals surface area (Å²) in [5.74, 6) is 0. The lowest BCUT2D eigenvalue weighted by Crippen LogP contribution is -2.07. The van der Waals surface area contributed by atoms with Crippen LogP contribution >= 0.6 is 23.4 Å². The largest absolute Gasteiger partial charge is 0.261 e. The summed E-state index contributed by atoms with van der Waals surface area (Å²) < 4.78 is 0.148. The maximum Gasteiger partial charge on any atom is 0.0630 e. The summed E-state index contributed by atoms with van der Waals surface area (Å²) in [5, 5.41) is 0.827. The molecule has 2 aromatic rings. The van der Waals surface area contributed by atoms with Crippen molar-refractivity contribution in [2.24, 2.45) is 0 Å². The lowest BCUT2D eigenvalue weighted by molar-refractivity contribution is 0.802. The van der Waals surface area contributed by atoms with Crippen LogP contribution in [-0.4, -0.2) is 14.7 Å². The van der Waals surface area contributed by atoms with Gasteiger partial charge >= 0.3 is 0 Å². The summed E-state index contributed by atoms with van der Waals surface area (Å²) in [5.41, 5.74) is 2.03. The van der Waals surface area contributed by atoms with Crippen molar-refractivity contribution >= 4 is 23.4 Å². The van der Waals surface area contributed by atoms with Crippen LogP contribution in [0.25, 0.3) is 0 Å². The predicted molar refractivity (Wildman–Crippen MR) is 81.9 cm³/mol. The van der Waals surface area contributed by atoms with Crippen molar-refractivity contribution in [1.29, 1.82) is 0 Å². The van der Waals surface area contributed by atoms with Crippen LogP contribution in [0.2, 0.25) is 5.02 Å². The zero-order valence-corrected chi connectivity index (χ0v) is 12.9. The first kappa shape index (κ1) is 14.4. The first-order chi connectivity index (χ1) is 8.96. The number of aromatic nitrogens is 2. The van der Waals surface area contributed by atoms with E-state index in [1.54, 1.807) is 30.4 Å². The minimum atomic E-state index is 0.148. The Balaban J connectivity index is 2.25. The molecule has 0 fully saturated rings. The van der Waals surface area contributed by atoms with Crippen molar-refractivity contribution in [1.82, 2.24) is 9.97 Å². The van der Waals surface area contributed by atoms with Gasteiger partial charge in [0.05, 0.1) is 10.7 Å². The Kier molecular flexibility index (Phi) is 4.48. The Hall–Kier alpha value is -1.06. The Labute approximate surface area is 123 Å². The summed E-state index contributed by atoms with van der Waals surface area (Å²) in [7, 11) is 0. The molecule has 0 aliphatic carbocycles. The van der Waals surface area contributed by atoms with E-state index in [1.165, 1.54) is 0 Å². The second-order valence-corrected chi connectivity index (χ2v) is 7.56. The van der Waals surface area contributed by atoms with Gasteiger partial charge in [-0.15, -0.1) is 11.8 Å². The van der Waals surface area contributed by atoms with E-state index in [4.69, 9.17) is 11.6 Å².